The summed E-state index contributed by atoms with van der Waals surface area (Å²) < 4.78 is 9.77. The van der Waals surface area contributed by atoms with Crippen LogP contribution in [0.3, 0.4) is 0 Å². The summed E-state index contributed by atoms with van der Waals surface area (Å²) in [5.74, 6) is 1.56. The van der Waals surface area contributed by atoms with E-state index in [-0.39, 0.29) is 23.0 Å². The van der Waals surface area contributed by atoms with Gasteiger partial charge in [0.25, 0.3) is 6.71 Å². The van der Waals surface area contributed by atoms with Crippen molar-refractivity contribution in [3.8, 4) is 5.82 Å². The minimum absolute atomic E-state index is 0.0196. The van der Waals surface area contributed by atoms with Gasteiger partial charge >= 0.3 is 0 Å². The van der Waals surface area contributed by atoms with Crippen LogP contribution in [0, 0.1) is 0 Å². The van der Waals surface area contributed by atoms with Crippen LogP contribution >= 0.6 is 0 Å². The van der Waals surface area contributed by atoms with E-state index in [4.69, 9.17) is 14.4 Å². The Morgan fingerprint density at radius 2 is 1.25 bits per heavy atom. The zero-order valence-corrected chi connectivity index (χ0v) is 37.3. The molecule has 5 heterocycles. The average Bonchev–Trinajstić information content (AvgIpc) is 3.77. The molecular formula is C55H53BN4O. The van der Waals surface area contributed by atoms with E-state index in [1.54, 1.807) is 0 Å². The van der Waals surface area contributed by atoms with Crippen molar-refractivity contribution in [2.24, 2.45) is 0 Å². The van der Waals surface area contributed by atoms with Crippen LogP contribution in [0.15, 0.2) is 126 Å². The Bertz CT molecular complexity index is 3290. The molecule has 0 saturated carbocycles. The molecule has 6 aromatic carbocycles. The smallest absolute Gasteiger partial charge is 0.296 e. The van der Waals surface area contributed by atoms with Crippen LogP contribution < -0.4 is 21.5 Å². The summed E-state index contributed by atoms with van der Waals surface area (Å²) in [6, 6.07) is 44.7. The zero-order chi connectivity index (χ0) is 42.5. The molecule has 0 unspecified atom stereocenters. The second kappa shape index (κ2) is 12.5. The normalized spacial score (nSPS) is 14.6. The molecule has 0 radical (unpaired) electrons. The highest BCUT2D eigenvalue weighted by molar-refractivity contribution is 6.98. The molecule has 5 nitrogen and oxygen atoms in total. The van der Waals surface area contributed by atoms with E-state index in [0.717, 1.165) is 50.5 Å². The summed E-state index contributed by atoms with van der Waals surface area (Å²) in [4.78, 5) is 13.9. The number of furan rings is 1. The first kappa shape index (κ1) is 37.8. The summed E-state index contributed by atoms with van der Waals surface area (Å²) in [5, 5.41) is 6.01. The monoisotopic (exact) mass is 796 g/mol. The lowest BCUT2D eigenvalue weighted by molar-refractivity contribution is 0.582. The number of hydrogen-bond donors (Lipinski definition) is 0. The largest absolute Gasteiger partial charge is 0.470 e. The number of hydrogen-bond acceptors (Lipinski definition) is 4. The number of rotatable bonds is 3. The molecule has 302 valence electrons. The molecule has 6 heteroatoms. The van der Waals surface area contributed by atoms with Crippen molar-refractivity contribution in [3.63, 3.8) is 0 Å². The van der Waals surface area contributed by atoms with E-state index in [1.165, 1.54) is 54.8 Å². The van der Waals surface area contributed by atoms with Crippen molar-refractivity contribution in [2.45, 2.75) is 97.8 Å². The Morgan fingerprint density at radius 1 is 0.590 bits per heavy atom. The first-order valence-electron chi connectivity index (χ1n) is 21.9. The van der Waals surface area contributed by atoms with E-state index in [0.29, 0.717) is 5.95 Å². The number of benzene rings is 6. The van der Waals surface area contributed by atoms with Gasteiger partial charge in [-0.25, -0.2) is 4.98 Å². The Kier molecular flexibility index (Phi) is 7.74. The number of para-hydroxylation sites is 1. The molecule has 3 aromatic heterocycles. The molecule has 9 aromatic rings. The molecule has 0 bridgehead atoms. The predicted molar refractivity (Wildman–Crippen MR) is 258 cm³/mol. The third kappa shape index (κ3) is 5.53. The predicted octanol–water partition coefficient (Wildman–Crippen LogP) is 12.3. The molecule has 2 aliphatic heterocycles. The van der Waals surface area contributed by atoms with E-state index < -0.39 is 5.41 Å². The molecule has 2 aliphatic rings. The Balaban J connectivity index is 1.31. The van der Waals surface area contributed by atoms with Gasteiger partial charge in [-0.05, 0) is 97.7 Å². The lowest BCUT2D eigenvalue weighted by atomic mass is 9.33. The van der Waals surface area contributed by atoms with E-state index in [9.17, 15) is 0 Å². The van der Waals surface area contributed by atoms with Crippen LogP contribution in [0.2, 0.25) is 0 Å². The van der Waals surface area contributed by atoms with Crippen molar-refractivity contribution >= 4 is 84.2 Å². The molecule has 0 fully saturated rings. The van der Waals surface area contributed by atoms with Crippen LogP contribution in [-0.4, -0.2) is 21.2 Å². The van der Waals surface area contributed by atoms with Gasteiger partial charge in [-0.15, -0.1) is 0 Å². The number of anilines is 3. The molecule has 0 spiro atoms. The highest BCUT2D eigenvalue weighted by Gasteiger charge is 2.51. The second-order valence-corrected chi connectivity index (χ2v) is 21.2. The molecule has 11 rings (SSSR count). The molecule has 0 amide bonds. The van der Waals surface area contributed by atoms with Gasteiger partial charge < -0.3 is 4.42 Å². The Morgan fingerprint density at radius 3 is 1.97 bits per heavy atom. The molecule has 0 saturated heterocycles. The summed E-state index contributed by atoms with van der Waals surface area (Å²) in [7, 11) is 0. The van der Waals surface area contributed by atoms with Gasteiger partial charge in [-0.1, -0.05) is 149 Å². The number of fused-ring (bicyclic) bond motifs is 10. The van der Waals surface area contributed by atoms with E-state index in [1.807, 2.05) is 0 Å². The van der Waals surface area contributed by atoms with Crippen LogP contribution in [0.1, 0.15) is 104 Å². The van der Waals surface area contributed by atoms with Gasteiger partial charge in [-0.2, -0.15) is 4.98 Å². The van der Waals surface area contributed by atoms with Gasteiger partial charge in [0, 0.05) is 44.0 Å². The highest BCUT2D eigenvalue weighted by Crippen LogP contribution is 2.45. The van der Waals surface area contributed by atoms with Crippen molar-refractivity contribution < 1.29 is 4.42 Å². The summed E-state index contributed by atoms with van der Waals surface area (Å²) in [5.41, 5.74) is 14.1. The van der Waals surface area contributed by atoms with Crippen LogP contribution in [0.5, 0.6) is 0 Å². The second-order valence-electron chi connectivity index (χ2n) is 21.2. The van der Waals surface area contributed by atoms with Crippen LogP contribution in [0.4, 0.5) is 17.3 Å². The maximum Gasteiger partial charge on any atom is 0.296 e. The van der Waals surface area contributed by atoms with Gasteiger partial charge in [0.1, 0.15) is 11.4 Å². The third-order valence-electron chi connectivity index (χ3n) is 13.6. The topological polar surface area (TPSA) is 47.1 Å². The van der Waals surface area contributed by atoms with E-state index in [2.05, 4.69) is 207 Å². The SMILES string of the molecule is CC(C)(C)c1ccc2c3c(oc2c1)B1c2c(nc(N(c4ccccc4)c4ccc5ccccc5c4)nc2C3(C)C)-n2c3ccc(C(C)(C)C)cc3c3cc(C(C)(C)C)cc1c32. The van der Waals surface area contributed by atoms with Gasteiger partial charge in [-0.3, -0.25) is 9.47 Å². The molecular weight excluding hydrogens is 743 g/mol. The van der Waals surface area contributed by atoms with Crippen molar-refractivity contribution in [3.05, 3.63) is 149 Å². The third-order valence-corrected chi connectivity index (χ3v) is 13.6. The maximum atomic E-state index is 7.30. The lowest BCUT2D eigenvalue weighted by Crippen LogP contribution is -2.63. The molecule has 0 atom stereocenters. The molecule has 0 N–H and O–H groups in total. The van der Waals surface area contributed by atoms with Crippen LogP contribution in [-0.2, 0) is 21.7 Å². The van der Waals surface area contributed by atoms with Gasteiger partial charge in [0.2, 0.25) is 5.95 Å². The molecule has 61 heavy (non-hydrogen) atoms. The number of nitrogens with zero attached hydrogens (tertiary/aromatic N) is 4. The van der Waals surface area contributed by atoms with Crippen molar-refractivity contribution in [2.75, 3.05) is 4.90 Å². The fraction of sp³-hybridized carbons (Fsp3) is 0.273. The van der Waals surface area contributed by atoms with Crippen molar-refractivity contribution in [1.82, 2.24) is 14.5 Å². The molecule has 0 aliphatic carbocycles. The Labute approximate surface area is 359 Å². The maximum absolute atomic E-state index is 7.30. The van der Waals surface area contributed by atoms with Gasteiger partial charge in [0.15, 0.2) is 0 Å². The zero-order valence-electron chi connectivity index (χ0n) is 37.3. The first-order valence-corrected chi connectivity index (χ1v) is 21.9. The summed E-state index contributed by atoms with van der Waals surface area (Å²) >= 11 is 0. The fourth-order valence-electron chi connectivity index (χ4n) is 10.2. The number of aromatic nitrogens is 3. The highest BCUT2D eigenvalue weighted by atomic mass is 16.3. The van der Waals surface area contributed by atoms with Crippen LogP contribution in [0.25, 0.3) is 49.4 Å². The quantitative estimate of drug-likeness (QED) is 0.167. The first-order chi connectivity index (χ1) is 28.9. The summed E-state index contributed by atoms with van der Waals surface area (Å²) in [6.45, 7) is 25.2. The fourth-order valence-corrected chi connectivity index (χ4v) is 10.2. The minimum Gasteiger partial charge on any atom is -0.470 e. The Hall–Kier alpha value is -6.14. The van der Waals surface area contributed by atoms with Gasteiger partial charge in [0.05, 0.1) is 22.4 Å². The minimum atomic E-state index is -0.533. The van der Waals surface area contributed by atoms with Crippen molar-refractivity contribution in [1.29, 1.82) is 0 Å². The lowest BCUT2D eigenvalue weighted by Gasteiger charge is -2.39. The summed E-state index contributed by atoms with van der Waals surface area (Å²) in [6.07, 6.45) is 0. The average molecular weight is 797 g/mol. The standard InChI is InChI=1S/C55H53BN4O/c1-52(2,3)34-23-26-43-40(28-34)41-29-36(54(7,8)9)30-42-47(41)60(43)50-46-48(55(10,11)45-39-25-22-35(53(4,5)6)31-44(39)61-49(45)56(42)46)57-51(58-50)59(37-19-13-12-14-20-37)38-24-21-32-17-15-16-18-33(32)27-38/h12-31H,1-11H3. The van der Waals surface area contributed by atoms with E-state index >= 15 is 0 Å².